The highest BCUT2D eigenvalue weighted by Crippen LogP contribution is 2.42. The van der Waals surface area contributed by atoms with Crippen molar-refractivity contribution in [3.63, 3.8) is 0 Å². The lowest BCUT2D eigenvalue weighted by atomic mass is 9.98. The summed E-state index contributed by atoms with van der Waals surface area (Å²) < 4.78 is 17.8. The van der Waals surface area contributed by atoms with E-state index in [1.165, 1.54) is 18.6 Å². The number of carbonyl (C=O) groups is 1. The van der Waals surface area contributed by atoms with Gasteiger partial charge in [-0.25, -0.2) is 9.37 Å². The Hall–Kier alpha value is -4.18. The summed E-state index contributed by atoms with van der Waals surface area (Å²) in [6.45, 7) is 9.62. The summed E-state index contributed by atoms with van der Waals surface area (Å²) in [4.78, 5) is 34.6. The monoisotopic (exact) mass is 597 g/mol. The molecule has 0 spiro atoms. The summed E-state index contributed by atoms with van der Waals surface area (Å²) in [5, 5.41) is 11.1. The number of hydrogen-bond acceptors (Lipinski definition) is 6. The van der Waals surface area contributed by atoms with Crippen LogP contribution < -0.4 is 10.9 Å². The molecular formula is C34H40FN7O2. The lowest BCUT2D eigenvalue weighted by molar-refractivity contribution is 0.102. The van der Waals surface area contributed by atoms with Crippen LogP contribution in [0.2, 0.25) is 0 Å². The van der Waals surface area contributed by atoms with Crippen LogP contribution in [0.25, 0.3) is 22.5 Å². The number of aromatic nitrogens is 5. The van der Waals surface area contributed by atoms with Gasteiger partial charge in [0.1, 0.15) is 23.5 Å². The number of nitrogens with one attached hydrogen (secondary N) is 1. The van der Waals surface area contributed by atoms with Crippen molar-refractivity contribution in [2.75, 3.05) is 18.4 Å². The molecule has 1 amide bonds. The van der Waals surface area contributed by atoms with Gasteiger partial charge in [0, 0.05) is 50.1 Å². The largest absolute Gasteiger partial charge is 0.317 e. The van der Waals surface area contributed by atoms with Gasteiger partial charge in [-0.2, -0.15) is 0 Å². The van der Waals surface area contributed by atoms with Crippen LogP contribution in [0.1, 0.15) is 74.0 Å². The number of carbonyl (C=O) groups excluding carboxylic acids is 1. The van der Waals surface area contributed by atoms with Crippen LogP contribution in [-0.4, -0.2) is 48.2 Å². The van der Waals surface area contributed by atoms with Gasteiger partial charge in [0.05, 0.1) is 0 Å². The van der Waals surface area contributed by atoms with E-state index in [-0.39, 0.29) is 22.9 Å². The second-order valence-electron chi connectivity index (χ2n) is 12.9. The third kappa shape index (κ3) is 6.65. The summed E-state index contributed by atoms with van der Waals surface area (Å²) in [6, 6.07) is 10.1. The van der Waals surface area contributed by atoms with Crippen LogP contribution in [0, 0.1) is 17.7 Å². The molecule has 0 unspecified atom stereocenters. The van der Waals surface area contributed by atoms with E-state index in [0.29, 0.717) is 42.1 Å². The second kappa shape index (κ2) is 12.4. The highest BCUT2D eigenvalue weighted by atomic mass is 19.1. The fourth-order valence-corrected chi connectivity index (χ4v) is 6.19. The third-order valence-electron chi connectivity index (χ3n) is 8.42. The van der Waals surface area contributed by atoms with Crippen molar-refractivity contribution in [3.8, 4) is 22.5 Å². The number of benzene rings is 1. The van der Waals surface area contributed by atoms with Gasteiger partial charge in [-0.3, -0.25) is 14.5 Å². The molecule has 6 rings (SSSR count). The fourth-order valence-electron chi connectivity index (χ4n) is 6.19. The molecule has 2 aliphatic rings. The smallest absolute Gasteiger partial charge is 0.263 e. The molecule has 4 aromatic rings. The Balaban J connectivity index is 1.36. The van der Waals surface area contributed by atoms with Crippen LogP contribution >= 0.6 is 0 Å². The zero-order chi connectivity index (χ0) is 31.0. The number of amides is 1. The summed E-state index contributed by atoms with van der Waals surface area (Å²) in [6.07, 6.45) is 7.89. The summed E-state index contributed by atoms with van der Waals surface area (Å²) >= 11 is 0. The molecule has 230 valence electrons. The molecule has 9 nitrogen and oxygen atoms in total. The van der Waals surface area contributed by atoms with E-state index in [2.05, 4.69) is 41.2 Å². The first-order valence-corrected chi connectivity index (χ1v) is 15.6. The maximum Gasteiger partial charge on any atom is 0.263 e. The maximum atomic E-state index is 14.4. The molecule has 1 aliphatic carbocycles. The zero-order valence-corrected chi connectivity index (χ0v) is 25.9. The number of anilines is 1. The lowest BCUT2D eigenvalue weighted by Crippen LogP contribution is -2.35. The van der Waals surface area contributed by atoms with Crippen LogP contribution in [0.5, 0.6) is 0 Å². The number of piperidine rings is 1. The summed E-state index contributed by atoms with van der Waals surface area (Å²) in [7, 11) is 1.81. The first-order chi connectivity index (χ1) is 21.1. The summed E-state index contributed by atoms with van der Waals surface area (Å²) in [5.41, 5.74) is 3.72. The number of rotatable bonds is 9. The Labute approximate surface area is 257 Å². The van der Waals surface area contributed by atoms with E-state index in [1.807, 2.05) is 19.3 Å². The van der Waals surface area contributed by atoms with E-state index in [0.717, 1.165) is 54.7 Å². The van der Waals surface area contributed by atoms with E-state index in [9.17, 15) is 14.0 Å². The predicted octanol–water partition coefficient (Wildman–Crippen LogP) is 5.86. The number of aryl methyl sites for hydroxylation is 1. The first-order valence-electron chi connectivity index (χ1n) is 15.6. The van der Waals surface area contributed by atoms with Gasteiger partial charge in [0.15, 0.2) is 5.82 Å². The molecule has 0 radical (unpaired) electrons. The van der Waals surface area contributed by atoms with Gasteiger partial charge in [-0.1, -0.05) is 26.8 Å². The molecule has 0 bridgehead atoms. The Morgan fingerprint density at radius 1 is 1.11 bits per heavy atom. The Morgan fingerprint density at radius 2 is 1.93 bits per heavy atom. The van der Waals surface area contributed by atoms with Crippen molar-refractivity contribution in [2.24, 2.45) is 18.9 Å². The Morgan fingerprint density at radius 3 is 2.64 bits per heavy atom. The van der Waals surface area contributed by atoms with Crippen LogP contribution in [0.3, 0.4) is 0 Å². The minimum Gasteiger partial charge on any atom is -0.317 e. The average Bonchev–Trinajstić information content (AvgIpc) is 3.74. The van der Waals surface area contributed by atoms with Crippen LogP contribution in [0.15, 0.2) is 53.7 Å². The topological polar surface area (TPSA) is 97.9 Å². The van der Waals surface area contributed by atoms with E-state index in [4.69, 9.17) is 4.98 Å². The first kappa shape index (κ1) is 29.9. The van der Waals surface area contributed by atoms with Crippen molar-refractivity contribution < 1.29 is 9.18 Å². The third-order valence-corrected chi connectivity index (χ3v) is 8.42. The average molecular weight is 598 g/mol. The number of hydrogen-bond donors (Lipinski definition) is 1. The van der Waals surface area contributed by atoms with Gasteiger partial charge >= 0.3 is 0 Å². The Bertz CT molecular complexity index is 1740. The zero-order valence-electron chi connectivity index (χ0n) is 25.9. The van der Waals surface area contributed by atoms with E-state index in [1.54, 1.807) is 33.7 Å². The minimum absolute atomic E-state index is 0.106. The second-order valence-corrected chi connectivity index (χ2v) is 12.9. The molecule has 1 aromatic carbocycles. The Kier molecular flexibility index (Phi) is 8.44. The van der Waals surface area contributed by atoms with Gasteiger partial charge in [-0.05, 0) is 91.1 Å². The van der Waals surface area contributed by atoms with Gasteiger partial charge in [-0.15, -0.1) is 10.2 Å². The number of halogens is 1. The molecule has 1 atom stereocenters. The fraction of sp³-hybridized carbons (Fsp3) is 0.441. The molecular weight excluding hydrogens is 557 g/mol. The standard InChI is InChI=1S/C34H40FN7O2/c1-21(2)16-42-19-23(18-41-11-5-6-22(3)17-41)12-29(34(42)44)33(43)38-31-14-25(13-30(37-31)24-7-8-24)27-10-9-26(35)15-28(27)32-39-36-20-40(32)4/h9-10,12-15,19-22,24H,5-8,11,16-18H2,1-4H3,(H,37,38,43)/t22-/m0/s1. The van der Waals surface area contributed by atoms with Crippen molar-refractivity contribution in [1.29, 1.82) is 0 Å². The molecule has 44 heavy (non-hydrogen) atoms. The molecule has 3 aromatic heterocycles. The quantitative estimate of drug-likeness (QED) is 0.260. The minimum atomic E-state index is -0.486. The van der Waals surface area contributed by atoms with E-state index < -0.39 is 5.91 Å². The highest BCUT2D eigenvalue weighted by molar-refractivity contribution is 6.04. The van der Waals surface area contributed by atoms with Crippen molar-refractivity contribution in [2.45, 2.75) is 65.5 Å². The molecule has 2 fully saturated rings. The maximum absolute atomic E-state index is 14.4. The summed E-state index contributed by atoms with van der Waals surface area (Å²) in [5.74, 6) is 1.18. The highest BCUT2D eigenvalue weighted by Gasteiger charge is 2.27. The lowest BCUT2D eigenvalue weighted by Gasteiger charge is -2.31. The van der Waals surface area contributed by atoms with Gasteiger partial charge in [0.25, 0.3) is 11.5 Å². The number of pyridine rings is 2. The molecule has 1 N–H and O–H groups in total. The molecule has 1 saturated heterocycles. The number of likely N-dealkylation sites (tertiary alicyclic amines) is 1. The molecule has 4 heterocycles. The normalized spacial score (nSPS) is 17.3. The number of nitrogens with zero attached hydrogens (tertiary/aromatic N) is 6. The van der Waals surface area contributed by atoms with Gasteiger partial charge < -0.3 is 14.5 Å². The molecule has 1 saturated carbocycles. The van der Waals surface area contributed by atoms with E-state index >= 15 is 0 Å². The van der Waals surface area contributed by atoms with Crippen LogP contribution in [0.4, 0.5) is 10.2 Å². The SMILES string of the molecule is CC(C)Cn1cc(CN2CCC[C@H](C)C2)cc(C(=O)Nc2cc(-c3ccc(F)cc3-c3nncn3C)cc(C3CC3)n2)c1=O. The van der Waals surface area contributed by atoms with Crippen molar-refractivity contribution in [3.05, 3.63) is 81.9 Å². The van der Waals surface area contributed by atoms with Crippen molar-refractivity contribution >= 4 is 11.7 Å². The molecule has 10 heteroatoms. The predicted molar refractivity (Wildman–Crippen MR) is 169 cm³/mol. The molecule has 1 aliphatic heterocycles. The van der Waals surface area contributed by atoms with Gasteiger partial charge in [0.2, 0.25) is 0 Å². The van der Waals surface area contributed by atoms with Crippen molar-refractivity contribution in [1.82, 2.24) is 29.2 Å². The van der Waals surface area contributed by atoms with Crippen LogP contribution in [-0.2, 0) is 20.1 Å².